The lowest BCUT2D eigenvalue weighted by molar-refractivity contribution is -0.107. The summed E-state index contributed by atoms with van der Waals surface area (Å²) in [6.45, 7) is 3.41. The van der Waals surface area contributed by atoms with Crippen molar-refractivity contribution in [3.8, 4) is 0 Å². The third-order valence-corrected chi connectivity index (χ3v) is 0.583. The fourth-order valence-corrected chi connectivity index (χ4v) is 0.244. The topological polar surface area (TPSA) is 43.1 Å². The molecule has 0 aliphatic rings. The SMILES string of the molecule is C=C(N)CCC=O. The van der Waals surface area contributed by atoms with Gasteiger partial charge in [-0.1, -0.05) is 6.58 Å². The van der Waals surface area contributed by atoms with Crippen LogP contribution in [-0.4, -0.2) is 6.29 Å². The predicted molar refractivity (Wildman–Crippen MR) is 28.6 cm³/mol. The zero-order valence-corrected chi connectivity index (χ0v) is 4.18. The molecular formula is C5H9NO. The van der Waals surface area contributed by atoms with Gasteiger partial charge >= 0.3 is 0 Å². The second-order valence-corrected chi connectivity index (χ2v) is 1.36. The highest BCUT2D eigenvalue weighted by Crippen LogP contribution is 1.88. The number of nitrogens with two attached hydrogens (primary N) is 1. The van der Waals surface area contributed by atoms with E-state index < -0.39 is 0 Å². The van der Waals surface area contributed by atoms with Gasteiger partial charge in [-0.2, -0.15) is 0 Å². The summed E-state index contributed by atoms with van der Waals surface area (Å²) in [4.78, 5) is 9.61. The molecule has 0 rings (SSSR count). The summed E-state index contributed by atoms with van der Waals surface area (Å²) < 4.78 is 0. The molecule has 0 aliphatic carbocycles. The van der Waals surface area contributed by atoms with Crippen molar-refractivity contribution < 1.29 is 4.79 Å². The van der Waals surface area contributed by atoms with Crippen molar-refractivity contribution in [2.45, 2.75) is 12.8 Å². The summed E-state index contributed by atoms with van der Waals surface area (Å²) in [5, 5.41) is 0. The van der Waals surface area contributed by atoms with Gasteiger partial charge in [-0.3, -0.25) is 0 Å². The smallest absolute Gasteiger partial charge is 0.120 e. The molecule has 0 saturated heterocycles. The molecule has 40 valence electrons. The minimum Gasteiger partial charge on any atom is -0.403 e. The molecule has 0 amide bonds. The van der Waals surface area contributed by atoms with E-state index in [0.29, 0.717) is 18.5 Å². The maximum atomic E-state index is 9.61. The molecule has 0 bridgehead atoms. The molecule has 7 heavy (non-hydrogen) atoms. The van der Waals surface area contributed by atoms with Gasteiger partial charge in [0.15, 0.2) is 0 Å². The molecule has 2 heteroatoms. The van der Waals surface area contributed by atoms with E-state index in [4.69, 9.17) is 5.73 Å². The predicted octanol–water partition coefficient (Wildman–Crippen LogP) is 0.438. The Bertz CT molecular complexity index is 78.1. The van der Waals surface area contributed by atoms with Gasteiger partial charge in [-0.25, -0.2) is 0 Å². The summed E-state index contributed by atoms with van der Waals surface area (Å²) in [6.07, 6.45) is 1.94. The van der Waals surface area contributed by atoms with E-state index in [1.807, 2.05) is 0 Å². The molecule has 2 N–H and O–H groups in total. The molecule has 0 atom stereocenters. The first-order valence-electron chi connectivity index (χ1n) is 2.14. The molecule has 0 unspecified atom stereocenters. The van der Waals surface area contributed by atoms with E-state index in [2.05, 4.69) is 6.58 Å². The Kier molecular flexibility index (Phi) is 3.02. The molecule has 0 radical (unpaired) electrons. The summed E-state index contributed by atoms with van der Waals surface area (Å²) in [6, 6.07) is 0. The fourth-order valence-electron chi connectivity index (χ4n) is 0.244. The Hall–Kier alpha value is -0.790. The van der Waals surface area contributed by atoms with Gasteiger partial charge < -0.3 is 10.5 Å². The second kappa shape index (κ2) is 3.40. The number of allylic oxidation sites excluding steroid dienone is 1. The van der Waals surface area contributed by atoms with Crippen LogP contribution in [0, 0.1) is 0 Å². The van der Waals surface area contributed by atoms with Crippen LogP contribution in [0.15, 0.2) is 12.3 Å². The number of rotatable bonds is 3. The maximum absolute atomic E-state index is 9.61. The van der Waals surface area contributed by atoms with Gasteiger partial charge in [0, 0.05) is 12.1 Å². The monoisotopic (exact) mass is 99.1 g/mol. The zero-order valence-electron chi connectivity index (χ0n) is 4.18. The van der Waals surface area contributed by atoms with E-state index in [0.717, 1.165) is 6.29 Å². The number of hydrogen-bond donors (Lipinski definition) is 1. The van der Waals surface area contributed by atoms with Gasteiger partial charge in [-0.05, 0) is 6.42 Å². The quantitative estimate of drug-likeness (QED) is 0.521. The Morgan fingerprint density at radius 1 is 1.86 bits per heavy atom. The van der Waals surface area contributed by atoms with Crippen molar-refractivity contribution in [1.82, 2.24) is 0 Å². The van der Waals surface area contributed by atoms with Crippen LogP contribution in [0.1, 0.15) is 12.8 Å². The maximum Gasteiger partial charge on any atom is 0.120 e. The lowest BCUT2D eigenvalue weighted by atomic mass is 10.3. The minimum atomic E-state index is 0.495. The van der Waals surface area contributed by atoms with E-state index in [1.54, 1.807) is 0 Å². The minimum absolute atomic E-state index is 0.495. The Labute approximate surface area is 43.0 Å². The van der Waals surface area contributed by atoms with Crippen LogP contribution in [-0.2, 0) is 4.79 Å². The lowest BCUT2D eigenvalue weighted by Gasteiger charge is -1.87. The summed E-state index contributed by atoms with van der Waals surface area (Å²) in [5.41, 5.74) is 5.70. The largest absolute Gasteiger partial charge is 0.403 e. The first kappa shape index (κ1) is 6.21. The van der Waals surface area contributed by atoms with Gasteiger partial charge in [-0.15, -0.1) is 0 Å². The van der Waals surface area contributed by atoms with Crippen LogP contribution in [0.3, 0.4) is 0 Å². The van der Waals surface area contributed by atoms with Crippen molar-refractivity contribution in [3.05, 3.63) is 12.3 Å². The first-order chi connectivity index (χ1) is 3.27. The molecule has 0 spiro atoms. The van der Waals surface area contributed by atoms with Crippen LogP contribution in [0.5, 0.6) is 0 Å². The standard InChI is InChI=1S/C5H9NO/c1-5(6)3-2-4-7/h4H,1-3,6H2. The Morgan fingerprint density at radius 2 is 2.43 bits per heavy atom. The first-order valence-corrected chi connectivity index (χ1v) is 2.14. The average Bonchev–Trinajstić information content (AvgIpc) is 1.61. The summed E-state index contributed by atoms with van der Waals surface area (Å²) in [5.74, 6) is 0. The van der Waals surface area contributed by atoms with E-state index in [9.17, 15) is 4.79 Å². The van der Waals surface area contributed by atoms with Crippen LogP contribution in [0.25, 0.3) is 0 Å². The number of carbonyl (C=O) groups excluding carboxylic acids is 1. The molecule has 0 aromatic carbocycles. The molecular weight excluding hydrogens is 90.1 g/mol. The van der Waals surface area contributed by atoms with Gasteiger partial charge in [0.25, 0.3) is 0 Å². The molecule has 2 nitrogen and oxygen atoms in total. The molecule has 0 saturated carbocycles. The van der Waals surface area contributed by atoms with Crippen molar-refractivity contribution in [1.29, 1.82) is 0 Å². The van der Waals surface area contributed by atoms with E-state index in [1.165, 1.54) is 0 Å². The van der Waals surface area contributed by atoms with Gasteiger partial charge in [0.1, 0.15) is 6.29 Å². The highest BCUT2D eigenvalue weighted by atomic mass is 16.1. The van der Waals surface area contributed by atoms with Crippen molar-refractivity contribution in [3.63, 3.8) is 0 Å². The molecule has 0 aromatic rings. The molecule has 0 heterocycles. The normalized spacial score (nSPS) is 8.00. The second-order valence-electron chi connectivity index (χ2n) is 1.36. The fraction of sp³-hybridized carbons (Fsp3) is 0.400. The third kappa shape index (κ3) is 5.21. The lowest BCUT2D eigenvalue weighted by Crippen LogP contribution is -1.93. The molecule has 0 fully saturated rings. The van der Waals surface area contributed by atoms with E-state index in [-0.39, 0.29) is 0 Å². The summed E-state index contributed by atoms with van der Waals surface area (Å²) >= 11 is 0. The number of carbonyl (C=O) groups is 1. The van der Waals surface area contributed by atoms with Crippen LogP contribution < -0.4 is 5.73 Å². The third-order valence-electron chi connectivity index (χ3n) is 0.583. The average molecular weight is 99.1 g/mol. The van der Waals surface area contributed by atoms with Gasteiger partial charge in [0.05, 0.1) is 0 Å². The highest BCUT2D eigenvalue weighted by molar-refractivity contribution is 5.49. The Morgan fingerprint density at radius 3 is 2.57 bits per heavy atom. The van der Waals surface area contributed by atoms with Crippen molar-refractivity contribution in [2.24, 2.45) is 5.73 Å². The summed E-state index contributed by atoms with van der Waals surface area (Å²) in [7, 11) is 0. The number of aldehydes is 1. The zero-order chi connectivity index (χ0) is 5.70. The van der Waals surface area contributed by atoms with Crippen molar-refractivity contribution in [2.75, 3.05) is 0 Å². The van der Waals surface area contributed by atoms with E-state index >= 15 is 0 Å². The highest BCUT2D eigenvalue weighted by Gasteiger charge is 1.81. The Balaban J connectivity index is 2.97. The van der Waals surface area contributed by atoms with Gasteiger partial charge in [0.2, 0.25) is 0 Å². The van der Waals surface area contributed by atoms with Crippen molar-refractivity contribution >= 4 is 6.29 Å². The van der Waals surface area contributed by atoms with Crippen LogP contribution in [0.4, 0.5) is 0 Å². The number of hydrogen-bond acceptors (Lipinski definition) is 2. The molecule has 0 aromatic heterocycles. The van der Waals surface area contributed by atoms with Crippen LogP contribution in [0.2, 0.25) is 0 Å². The molecule has 0 aliphatic heterocycles. The van der Waals surface area contributed by atoms with Crippen LogP contribution >= 0.6 is 0 Å².